The van der Waals surface area contributed by atoms with Crippen LogP contribution in [0.2, 0.25) is 0 Å². The van der Waals surface area contributed by atoms with E-state index in [1.807, 2.05) is 44.2 Å². The van der Waals surface area contributed by atoms with Crippen LogP contribution >= 0.6 is 0 Å². The van der Waals surface area contributed by atoms with Crippen LogP contribution in [0.4, 0.5) is 0 Å². The van der Waals surface area contributed by atoms with Crippen molar-refractivity contribution in [1.29, 1.82) is 0 Å². The molecule has 0 aliphatic carbocycles. The summed E-state index contributed by atoms with van der Waals surface area (Å²) in [6.07, 6.45) is 3.47. The summed E-state index contributed by atoms with van der Waals surface area (Å²) in [5.74, 6) is -1.27. The highest BCUT2D eigenvalue weighted by molar-refractivity contribution is 5.91. The topological polar surface area (TPSA) is 75.0 Å². The fraction of sp³-hybridized carbons (Fsp3) is 0.150. The predicted octanol–water partition coefficient (Wildman–Crippen LogP) is 2.26. The van der Waals surface area contributed by atoms with E-state index in [2.05, 4.69) is 4.98 Å². The maximum absolute atomic E-state index is 12.6. The van der Waals surface area contributed by atoms with Gasteiger partial charge in [-0.1, -0.05) is 42.0 Å². The highest BCUT2D eigenvalue weighted by Crippen LogP contribution is 2.14. The van der Waals surface area contributed by atoms with Crippen LogP contribution in [0.15, 0.2) is 47.3 Å². The van der Waals surface area contributed by atoms with E-state index < -0.39 is 5.97 Å². The number of rotatable bonds is 4. The Bertz CT molecular complexity index is 1030. The van der Waals surface area contributed by atoms with Crippen LogP contribution in [0.5, 0.6) is 0 Å². The first-order chi connectivity index (χ1) is 12.0. The van der Waals surface area contributed by atoms with E-state index in [0.29, 0.717) is 17.6 Å². The molecule has 2 aromatic carbocycles. The SMILES string of the molecule is CCn1c(=O)c(/C=C/c2ccc(C)cc2)nc2cc(C(=O)[O-])ccc21. The van der Waals surface area contributed by atoms with Crippen LogP contribution in [-0.4, -0.2) is 15.5 Å². The zero-order valence-corrected chi connectivity index (χ0v) is 14.0. The average Bonchev–Trinajstić information content (AvgIpc) is 2.61. The Labute approximate surface area is 144 Å². The average molecular weight is 333 g/mol. The summed E-state index contributed by atoms with van der Waals surface area (Å²) >= 11 is 0. The number of nitrogens with zero attached hydrogens (tertiary/aromatic N) is 2. The minimum atomic E-state index is -1.27. The van der Waals surface area contributed by atoms with E-state index in [0.717, 1.165) is 11.1 Å². The standard InChI is InChI=1S/C20H18N2O3/c1-3-22-18-11-9-15(20(24)25)12-17(18)21-16(19(22)23)10-8-14-6-4-13(2)5-7-14/h4-12H,3H2,1-2H3,(H,24,25)/p-1/b10-8+. The van der Waals surface area contributed by atoms with Gasteiger partial charge in [0.1, 0.15) is 5.69 Å². The third-order valence-corrected chi connectivity index (χ3v) is 4.03. The minimum absolute atomic E-state index is 0.0368. The molecule has 126 valence electrons. The molecule has 25 heavy (non-hydrogen) atoms. The van der Waals surface area contributed by atoms with Crippen LogP contribution in [0, 0.1) is 6.92 Å². The third-order valence-electron chi connectivity index (χ3n) is 4.03. The summed E-state index contributed by atoms with van der Waals surface area (Å²) in [4.78, 5) is 28.0. The van der Waals surface area contributed by atoms with Crippen LogP contribution in [0.25, 0.3) is 23.2 Å². The lowest BCUT2D eigenvalue weighted by Gasteiger charge is -2.10. The van der Waals surface area contributed by atoms with Crippen molar-refractivity contribution >= 4 is 29.2 Å². The van der Waals surface area contributed by atoms with Crippen molar-refractivity contribution in [1.82, 2.24) is 9.55 Å². The van der Waals surface area contributed by atoms with Gasteiger partial charge in [0, 0.05) is 6.54 Å². The Morgan fingerprint density at radius 1 is 1.16 bits per heavy atom. The number of aromatic carboxylic acids is 1. The number of fused-ring (bicyclic) bond motifs is 1. The molecule has 0 spiro atoms. The molecule has 0 saturated heterocycles. The molecule has 5 nitrogen and oxygen atoms in total. The molecule has 0 aliphatic rings. The summed E-state index contributed by atoms with van der Waals surface area (Å²) in [6, 6.07) is 12.3. The van der Waals surface area contributed by atoms with Gasteiger partial charge in [-0.15, -0.1) is 0 Å². The van der Waals surface area contributed by atoms with Gasteiger partial charge in [-0.05, 0) is 43.2 Å². The molecular weight excluding hydrogens is 316 g/mol. The van der Waals surface area contributed by atoms with E-state index in [9.17, 15) is 14.7 Å². The van der Waals surface area contributed by atoms with Gasteiger partial charge in [0.2, 0.25) is 0 Å². The molecule has 3 rings (SSSR count). The lowest BCUT2D eigenvalue weighted by atomic mass is 10.1. The summed E-state index contributed by atoms with van der Waals surface area (Å²) < 4.78 is 1.58. The Morgan fingerprint density at radius 3 is 2.52 bits per heavy atom. The van der Waals surface area contributed by atoms with E-state index in [1.54, 1.807) is 16.7 Å². The number of aromatic nitrogens is 2. The minimum Gasteiger partial charge on any atom is -0.545 e. The van der Waals surface area contributed by atoms with Crippen molar-refractivity contribution in [2.75, 3.05) is 0 Å². The zero-order valence-electron chi connectivity index (χ0n) is 14.0. The summed E-state index contributed by atoms with van der Waals surface area (Å²) in [6.45, 7) is 4.34. The van der Waals surface area contributed by atoms with Gasteiger partial charge in [-0.3, -0.25) is 4.79 Å². The van der Waals surface area contributed by atoms with E-state index in [-0.39, 0.29) is 16.8 Å². The molecule has 0 radical (unpaired) electrons. The number of benzene rings is 2. The second-order valence-corrected chi connectivity index (χ2v) is 5.78. The van der Waals surface area contributed by atoms with Gasteiger partial charge in [0.25, 0.3) is 5.56 Å². The molecule has 0 aliphatic heterocycles. The van der Waals surface area contributed by atoms with Crippen molar-refractivity contribution in [3.05, 3.63) is 75.2 Å². The fourth-order valence-corrected chi connectivity index (χ4v) is 2.67. The van der Waals surface area contributed by atoms with E-state index in [1.165, 1.54) is 12.1 Å². The lowest BCUT2D eigenvalue weighted by molar-refractivity contribution is -0.255. The molecular formula is C20H17N2O3-. The number of carboxylic acid groups (broad SMARTS) is 1. The lowest BCUT2D eigenvalue weighted by Crippen LogP contribution is -2.25. The Morgan fingerprint density at radius 2 is 1.88 bits per heavy atom. The molecule has 0 atom stereocenters. The monoisotopic (exact) mass is 333 g/mol. The molecule has 0 N–H and O–H groups in total. The van der Waals surface area contributed by atoms with Crippen LogP contribution < -0.4 is 10.7 Å². The molecule has 0 saturated carbocycles. The quantitative estimate of drug-likeness (QED) is 0.734. The summed E-state index contributed by atoms with van der Waals surface area (Å²) in [5.41, 5.74) is 3.26. The van der Waals surface area contributed by atoms with Crippen LogP contribution in [0.1, 0.15) is 34.1 Å². The van der Waals surface area contributed by atoms with Gasteiger partial charge >= 0.3 is 0 Å². The smallest absolute Gasteiger partial charge is 0.276 e. The normalized spacial score (nSPS) is 11.3. The number of carbonyl (C=O) groups is 1. The zero-order chi connectivity index (χ0) is 18.0. The molecule has 1 heterocycles. The summed E-state index contributed by atoms with van der Waals surface area (Å²) in [7, 11) is 0. The van der Waals surface area contributed by atoms with Crippen molar-refractivity contribution < 1.29 is 9.90 Å². The maximum Gasteiger partial charge on any atom is 0.276 e. The second kappa shape index (κ2) is 6.73. The van der Waals surface area contributed by atoms with Gasteiger partial charge in [0.15, 0.2) is 0 Å². The number of hydrogen-bond acceptors (Lipinski definition) is 4. The highest BCUT2D eigenvalue weighted by Gasteiger charge is 2.09. The Balaban J connectivity index is 2.13. The fourth-order valence-electron chi connectivity index (χ4n) is 2.67. The predicted molar refractivity (Wildman–Crippen MR) is 96.1 cm³/mol. The third kappa shape index (κ3) is 3.35. The number of aryl methyl sites for hydroxylation is 2. The van der Waals surface area contributed by atoms with Gasteiger partial charge in [0.05, 0.1) is 17.0 Å². The van der Waals surface area contributed by atoms with Crippen LogP contribution in [0.3, 0.4) is 0 Å². The van der Waals surface area contributed by atoms with E-state index in [4.69, 9.17) is 0 Å². The molecule has 0 unspecified atom stereocenters. The molecule has 0 bridgehead atoms. The number of hydrogen-bond donors (Lipinski definition) is 0. The van der Waals surface area contributed by atoms with Gasteiger partial charge in [-0.2, -0.15) is 0 Å². The molecule has 0 fully saturated rings. The Hall–Kier alpha value is -3.21. The van der Waals surface area contributed by atoms with Crippen molar-refractivity contribution in [2.45, 2.75) is 20.4 Å². The Kier molecular flexibility index (Phi) is 4.48. The van der Waals surface area contributed by atoms with Crippen molar-refractivity contribution in [3.8, 4) is 0 Å². The van der Waals surface area contributed by atoms with E-state index >= 15 is 0 Å². The first-order valence-electron chi connectivity index (χ1n) is 8.00. The molecule has 3 aromatic rings. The first kappa shape index (κ1) is 16.6. The first-order valence-corrected chi connectivity index (χ1v) is 8.00. The molecule has 1 aromatic heterocycles. The second-order valence-electron chi connectivity index (χ2n) is 5.78. The largest absolute Gasteiger partial charge is 0.545 e. The molecule has 5 heteroatoms. The number of carboxylic acids is 1. The summed E-state index contributed by atoms with van der Waals surface area (Å²) in [5, 5.41) is 11.1. The van der Waals surface area contributed by atoms with Crippen molar-refractivity contribution in [3.63, 3.8) is 0 Å². The van der Waals surface area contributed by atoms with Crippen molar-refractivity contribution in [2.24, 2.45) is 0 Å². The molecule has 0 amide bonds. The maximum atomic E-state index is 12.6. The van der Waals surface area contributed by atoms with Gasteiger partial charge in [-0.25, -0.2) is 4.98 Å². The van der Waals surface area contributed by atoms with Crippen LogP contribution in [-0.2, 0) is 6.54 Å². The van der Waals surface area contributed by atoms with Gasteiger partial charge < -0.3 is 14.5 Å². The number of carbonyl (C=O) groups excluding carboxylic acids is 1. The highest BCUT2D eigenvalue weighted by atomic mass is 16.4.